The molecule has 0 heterocycles. The molecule has 0 saturated carbocycles. The third-order valence-corrected chi connectivity index (χ3v) is 5.41. The Morgan fingerprint density at radius 3 is 2.44 bits per heavy atom. The van der Waals surface area contributed by atoms with E-state index in [4.69, 9.17) is 23.2 Å². The second-order valence-corrected chi connectivity index (χ2v) is 8.23. The van der Waals surface area contributed by atoms with Gasteiger partial charge in [0.1, 0.15) is 6.04 Å². The third-order valence-electron chi connectivity index (χ3n) is 3.56. The summed E-state index contributed by atoms with van der Waals surface area (Å²) in [6.07, 6.45) is 1.05. The number of halogens is 2. The summed E-state index contributed by atoms with van der Waals surface area (Å²) in [5.74, 6) is -0.440. The van der Waals surface area contributed by atoms with Gasteiger partial charge in [0.05, 0.1) is 11.9 Å². The van der Waals surface area contributed by atoms with E-state index < -0.39 is 22.0 Å². The third kappa shape index (κ3) is 5.11. The van der Waals surface area contributed by atoms with Crippen LogP contribution in [0.1, 0.15) is 12.5 Å². The number of nitrogens with one attached hydrogen (secondary N) is 1. The summed E-state index contributed by atoms with van der Waals surface area (Å²) in [4.78, 5) is 12.5. The Balaban J connectivity index is 2.20. The molecule has 0 bridgehead atoms. The Labute approximate surface area is 157 Å². The molecule has 2 aromatic rings. The van der Waals surface area contributed by atoms with Gasteiger partial charge in [-0.1, -0.05) is 47.5 Å². The van der Waals surface area contributed by atoms with Crippen LogP contribution in [0.3, 0.4) is 0 Å². The van der Waals surface area contributed by atoms with E-state index in [1.807, 2.05) is 6.07 Å². The van der Waals surface area contributed by atoms with Crippen molar-refractivity contribution in [3.05, 3.63) is 64.1 Å². The van der Waals surface area contributed by atoms with Gasteiger partial charge in [-0.25, -0.2) is 8.42 Å². The Hall–Kier alpha value is -1.76. The smallest absolute Gasteiger partial charge is 0.243 e. The topological polar surface area (TPSA) is 66.5 Å². The van der Waals surface area contributed by atoms with Gasteiger partial charge < -0.3 is 5.32 Å². The summed E-state index contributed by atoms with van der Waals surface area (Å²) < 4.78 is 25.4. The molecule has 5 nitrogen and oxygen atoms in total. The summed E-state index contributed by atoms with van der Waals surface area (Å²) in [6, 6.07) is 12.5. The van der Waals surface area contributed by atoms with Gasteiger partial charge >= 0.3 is 0 Å². The number of hydrogen-bond donors (Lipinski definition) is 1. The fourth-order valence-electron chi connectivity index (χ4n) is 2.39. The van der Waals surface area contributed by atoms with Gasteiger partial charge in [-0.15, -0.1) is 0 Å². The zero-order valence-electron chi connectivity index (χ0n) is 13.7. The molecule has 25 heavy (non-hydrogen) atoms. The van der Waals surface area contributed by atoms with Crippen LogP contribution in [0, 0.1) is 0 Å². The van der Waals surface area contributed by atoms with E-state index in [9.17, 15) is 13.2 Å². The molecule has 2 rings (SSSR count). The number of carbonyl (C=O) groups excluding carboxylic acids is 1. The molecule has 1 amide bonds. The molecule has 0 radical (unpaired) electrons. The molecule has 1 unspecified atom stereocenters. The monoisotopic (exact) mass is 400 g/mol. The molecule has 0 fully saturated rings. The van der Waals surface area contributed by atoms with Crippen LogP contribution in [0.4, 0.5) is 5.69 Å². The van der Waals surface area contributed by atoms with Crippen LogP contribution in [-0.4, -0.2) is 26.6 Å². The van der Waals surface area contributed by atoms with Gasteiger partial charge in [0.15, 0.2) is 0 Å². The molecular weight excluding hydrogens is 383 g/mol. The van der Waals surface area contributed by atoms with Gasteiger partial charge in [-0.05, 0) is 36.8 Å². The normalized spacial score (nSPS) is 12.5. The minimum absolute atomic E-state index is 0.204. The van der Waals surface area contributed by atoms with Gasteiger partial charge in [0.2, 0.25) is 15.9 Å². The van der Waals surface area contributed by atoms with Gasteiger partial charge in [-0.3, -0.25) is 9.10 Å². The maximum Gasteiger partial charge on any atom is 0.243 e. The van der Waals surface area contributed by atoms with Crippen molar-refractivity contribution in [1.29, 1.82) is 0 Å². The summed E-state index contributed by atoms with van der Waals surface area (Å²) in [7, 11) is -3.68. The fourth-order valence-corrected chi connectivity index (χ4v) is 3.95. The highest BCUT2D eigenvalue weighted by atomic mass is 35.5. The largest absolute Gasteiger partial charge is 0.350 e. The van der Waals surface area contributed by atoms with Crippen LogP contribution < -0.4 is 9.62 Å². The first-order chi connectivity index (χ1) is 11.7. The zero-order chi connectivity index (χ0) is 18.6. The highest BCUT2D eigenvalue weighted by molar-refractivity contribution is 7.92. The number of amides is 1. The Morgan fingerprint density at radius 2 is 1.84 bits per heavy atom. The number of rotatable bonds is 6. The van der Waals surface area contributed by atoms with Crippen LogP contribution in [0.5, 0.6) is 0 Å². The lowest BCUT2D eigenvalue weighted by Gasteiger charge is -2.28. The minimum atomic E-state index is -3.68. The second-order valence-electron chi connectivity index (χ2n) is 5.52. The molecule has 0 aliphatic rings. The maximum atomic E-state index is 12.5. The van der Waals surface area contributed by atoms with Crippen LogP contribution in [0.25, 0.3) is 0 Å². The predicted molar refractivity (Wildman–Crippen MR) is 102 cm³/mol. The molecule has 8 heteroatoms. The minimum Gasteiger partial charge on any atom is -0.350 e. The van der Waals surface area contributed by atoms with E-state index in [-0.39, 0.29) is 6.54 Å². The van der Waals surface area contributed by atoms with E-state index in [1.54, 1.807) is 36.4 Å². The summed E-state index contributed by atoms with van der Waals surface area (Å²) >= 11 is 12.0. The lowest BCUT2D eigenvalue weighted by Crippen LogP contribution is -2.47. The number of carbonyl (C=O) groups is 1. The molecule has 134 valence electrons. The van der Waals surface area contributed by atoms with Crippen LogP contribution in [0.15, 0.2) is 48.5 Å². The van der Waals surface area contributed by atoms with Crippen molar-refractivity contribution < 1.29 is 13.2 Å². The van der Waals surface area contributed by atoms with Crippen molar-refractivity contribution in [1.82, 2.24) is 5.32 Å². The summed E-state index contributed by atoms with van der Waals surface area (Å²) in [5.41, 5.74) is 1.08. The van der Waals surface area contributed by atoms with E-state index in [0.717, 1.165) is 16.1 Å². The van der Waals surface area contributed by atoms with Crippen molar-refractivity contribution in [2.45, 2.75) is 19.5 Å². The standard InChI is InChI=1S/C17H18Cl2N2O3S/c1-12(17(22)20-11-13-6-3-4-9-16(13)19)21(25(2,23)24)15-8-5-7-14(18)10-15/h3-10,12H,11H2,1-2H3,(H,20,22). The molecule has 0 spiro atoms. The quantitative estimate of drug-likeness (QED) is 0.806. The molecule has 0 aromatic heterocycles. The zero-order valence-corrected chi connectivity index (χ0v) is 16.1. The molecule has 1 N–H and O–H groups in total. The first-order valence-corrected chi connectivity index (χ1v) is 10.1. The Kier molecular flexibility index (Phi) is 6.32. The van der Waals surface area contributed by atoms with Crippen molar-refractivity contribution in [3.8, 4) is 0 Å². The number of nitrogens with zero attached hydrogens (tertiary/aromatic N) is 1. The van der Waals surface area contributed by atoms with E-state index in [1.165, 1.54) is 13.0 Å². The first kappa shape index (κ1) is 19.6. The lowest BCUT2D eigenvalue weighted by atomic mass is 10.2. The van der Waals surface area contributed by atoms with E-state index >= 15 is 0 Å². The van der Waals surface area contributed by atoms with Crippen LogP contribution in [-0.2, 0) is 21.4 Å². The number of anilines is 1. The highest BCUT2D eigenvalue weighted by Crippen LogP contribution is 2.24. The Bertz CT molecular complexity index is 872. The number of hydrogen-bond acceptors (Lipinski definition) is 3. The molecule has 0 saturated heterocycles. The fraction of sp³-hybridized carbons (Fsp3) is 0.235. The average molecular weight is 401 g/mol. The Morgan fingerprint density at radius 1 is 1.16 bits per heavy atom. The average Bonchev–Trinajstić information content (AvgIpc) is 2.52. The van der Waals surface area contributed by atoms with Gasteiger partial charge in [0.25, 0.3) is 0 Å². The van der Waals surface area contributed by atoms with Gasteiger partial charge in [0, 0.05) is 16.6 Å². The highest BCUT2D eigenvalue weighted by Gasteiger charge is 2.29. The number of sulfonamides is 1. The lowest BCUT2D eigenvalue weighted by molar-refractivity contribution is -0.122. The van der Waals surface area contributed by atoms with Crippen LogP contribution >= 0.6 is 23.2 Å². The molecular formula is C17H18Cl2N2O3S. The van der Waals surface area contributed by atoms with Crippen molar-refractivity contribution in [2.75, 3.05) is 10.6 Å². The first-order valence-electron chi connectivity index (χ1n) is 7.46. The summed E-state index contributed by atoms with van der Waals surface area (Å²) in [5, 5.41) is 3.63. The second kappa shape index (κ2) is 8.08. The maximum absolute atomic E-state index is 12.5. The van der Waals surface area contributed by atoms with E-state index in [2.05, 4.69) is 5.32 Å². The van der Waals surface area contributed by atoms with Crippen molar-refractivity contribution >= 4 is 44.8 Å². The van der Waals surface area contributed by atoms with E-state index in [0.29, 0.717) is 15.7 Å². The SMILES string of the molecule is CC(C(=O)NCc1ccccc1Cl)N(c1cccc(Cl)c1)S(C)(=O)=O. The van der Waals surface area contributed by atoms with Crippen LogP contribution in [0.2, 0.25) is 10.0 Å². The number of benzene rings is 2. The molecule has 0 aliphatic carbocycles. The van der Waals surface area contributed by atoms with Crippen molar-refractivity contribution in [2.24, 2.45) is 0 Å². The predicted octanol–water partition coefficient (Wildman–Crippen LogP) is 3.46. The molecule has 2 aromatic carbocycles. The summed E-state index contributed by atoms with van der Waals surface area (Å²) in [6.45, 7) is 1.72. The molecule has 0 aliphatic heterocycles. The van der Waals surface area contributed by atoms with Crippen molar-refractivity contribution in [3.63, 3.8) is 0 Å². The van der Waals surface area contributed by atoms with Gasteiger partial charge in [-0.2, -0.15) is 0 Å². The molecule has 1 atom stereocenters.